The third kappa shape index (κ3) is 3.22. The van der Waals surface area contributed by atoms with Crippen LogP contribution in [0.2, 0.25) is 0 Å². The summed E-state index contributed by atoms with van der Waals surface area (Å²) in [4.78, 5) is 36.3. The number of hydrogen-bond donors (Lipinski definition) is 1. The highest BCUT2D eigenvalue weighted by atomic mass is 79.9. The van der Waals surface area contributed by atoms with Gasteiger partial charge in [0.25, 0.3) is 5.56 Å². The maximum atomic E-state index is 12.1. The van der Waals surface area contributed by atoms with Crippen LogP contribution in [0.1, 0.15) is 20.2 Å². The molecule has 0 saturated carbocycles. The number of halogens is 1. The minimum Gasteiger partial charge on any atom is -0.452 e. The van der Waals surface area contributed by atoms with Crippen molar-refractivity contribution in [2.24, 2.45) is 0 Å². The second-order valence-corrected chi connectivity index (χ2v) is 7.01. The molecule has 0 aliphatic rings. The highest BCUT2D eigenvalue weighted by Gasteiger charge is 2.18. The minimum absolute atomic E-state index is 0.0274. The van der Waals surface area contributed by atoms with Crippen molar-refractivity contribution in [1.29, 1.82) is 0 Å². The Morgan fingerprint density at radius 1 is 1.17 bits per heavy atom. The van der Waals surface area contributed by atoms with Crippen molar-refractivity contribution in [2.75, 3.05) is 6.61 Å². The molecule has 0 aliphatic carbocycles. The zero-order valence-electron chi connectivity index (χ0n) is 11.5. The second-order valence-electron chi connectivity index (χ2n) is 4.55. The molecule has 8 heteroatoms. The van der Waals surface area contributed by atoms with Gasteiger partial charge in [0.2, 0.25) is 5.78 Å². The molecule has 6 nitrogen and oxygen atoms in total. The maximum Gasteiger partial charge on any atom is 0.359 e. The first kappa shape index (κ1) is 15.6. The van der Waals surface area contributed by atoms with Gasteiger partial charge in [-0.3, -0.25) is 9.59 Å². The maximum absolute atomic E-state index is 12.1. The Morgan fingerprint density at radius 3 is 2.61 bits per heavy atom. The SMILES string of the molecule is O=C(COC(=O)c1n[nH]c(=O)c2ccccc12)c1ccc(Br)s1. The fraction of sp³-hybridized carbons (Fsp3) is 0.0667. The van der Waals surface area contributed by atoms with E-state index in [9.17, 15) is 14.4 Å². The molecular formula is C15H9BrN2O4S. The molecule has 0 unspecified atom stereocenters. The lowest BCUT2D eigenvalue weighted by molar-refractivity contribution is 0.0471. The molecule has 3 aromatic rings. The lowest BCUT2D eigenvalue weighted by Crippen LogP contribution is -2.18. The summed E-state index contributed by atoms with van der Waals surface area (Å²) in [5, 5.41) is 6.70. The monoisotopic (exact) mass is 392 g/mol. The number of aromatic nitrogens is 2. The van der Waals surface area contributed by atoms with E-state index in [1.165, 1.54) is 11.3 Å². The Kier molecular flexibility index (Phi) is 4.35. The smallest absolute Gasteiger partial charge is 0.359 e. The van der Waals surface area contributed by atoms with Crippen LogP contribution in [0.4, 0.5) is 0 Å². The molecule has 116 valence electrons. The molecular weight excluding hydrogens is 384 g/mol. The molecule has 0 saturated heterocycles. The number of thiophene rings is 1. The Morgan fingerprint density at radius 2 is 1.91 bits per heavy atom. The molecule has 0 amide bonds. The average molecular weight is 393 g/mol. The van der Waals surface area contributed by atoms with E-state index in [0.29, 0.717) is 15.6 Å². The van der Waals surface area contributed by atoms with Crippen LogP contribution in [-0.4, -0.2) is 28.6 Å². The summed E-state index contributed by atoms with van der Waals surface area (Å²) in [6.45, 7) is -0.388. The van der Waals surface area contributed by atoms with Gasteiger partial charge in [-0.15, -0.1) is 11.3 Å². The van der Waals surface area contributed by atoms with Crippen LogP contribution < -0.4 is 5.56 Å². The van der Waals surface area contributed by atoms with E-state index in [0.717, 1.165) is 3.79 Å². The largest absolute Gasteiger partial charge is 0.452 e. The fourth-order valence-corrected chi connectivity index (χ4v) is 3.32. The number of carbonyl (C=O) groups is 2. The second kappa shape index (κ2) is 6.43. The fourth-order valence-electron chi connectivity index (χ4n) is 2.01. The van der Waals surface area contributed by atoms with Crippen molar-refractivity contribution in [3.63, 3.8) is 0 Å². The predicted molar refractivity (Wildman–Crippen MR) is 89.0 cm³/mol. The van der Waals surface area contributed by atoms with Gasteiger partial charge in [-0.2, -0.15) is 5.10 Å². The number of rotatable bonds is 4. The van der Waals surface area contributed by atoms with Crippen molar-refractivity contribution in [2.45, 2.75) is 0 Å². The van der Waals surface area contributed by atoms with E-state index in [4.69, 9.17) is 4.74 Å². The number of ketones is 1. The predicted octanol–water partition coefficient (Wildman–Crippen LogP) is 2.79. The summed E-state index contributed by atoms with van der Waals surface area (Å²) in [7, 11) is 0. The van der Waals surface area contributed by atoms with Crippen molar-refractivity contribution in [3.05, 3.63) is 61.1 Å². The minimum atomic E-state index is -0.763. The molecule has 23 heavy (non-hydrogen) atoms. The quantitative estimate of drug-likeness (QED) is 0.544. The zero-order chi connectivity index (χ0) is 16.4. The summed E-state index contributed by atoms with van der Waals surface area (Å²) in [6.07, 6.45) is 0. The van der Waals surface area contributed by atoms with Crippen LogP contribution in [0.3, 0.4) is 0 Å². The Labute approximate surface area is 142 Å². The molecule has 0 aliphatic heterocycles. The number of ether oxygens (including phenoxy) is 1. The normalized spacial score (nSPS) is 10.7. The van der Waals surface area contributed by atoms with Gasteiger partial charge in [-0.1, -0.05) is 18.2 Å². The van der Waals surface area contributed by atoms with Gasteiger partial charge in [-0.25, -0.2) is 9.89 Å². The number of benzene rings is 1. The van der Waals surface area contributed by atoms with E-state index < -0.39 is 11.5 Å². The van der Waals surface area contributed by atoms with Crippen LogP contribution in [0.5, 0.6) is 0 Å². The number of Topliss-reactive ketones (excluding diaryl/α,β-unsaturated/α-hetero) is 1. The van der Waals surface area contributed by atoms with Gasteiger partial charge in [0.05, 0.1) is 14.0 Å². The third-order valence-electron chi connectivity index (χ3n) is 3.07. The molecule has 1 aromatic carbocycles. The zero-order valence-corrected chi connectivity index (χ0v) is 13.9. The molecule has 2 heterocycles. The van der Waals surface area contributed by atoms with Gasteiger partial charge in [0, 0.05) is 5.39 Å². The van der Waals surface area contributed by atoms with E-state index >= 15 is 0 Å². The van der Waals surface area contributed by atoms with E-state index in [1.807, 2.05) is 0 Å². The van der Waals surface area contributed by atoms with E-state index in [2.05, 4.69) is 26.1 Å². The molecule has 0 radical (unpaired) electrons. The Bertz CT molecular complexity index is 963. The van der Waals surface area contributed by atoms with Crippen LogP contribution >= 0.6 is 27.3 Å². The first-order valence-electron chi connectivity index (χ1n) is 6.49. The number of hydrogen-bond acceptors (Lipinski definition) is 6. The first-order valence-corrected chi connectivity index (χ1v) is 8.10. The van der Waals surface area contributed by atoms with Crippen LogP contribution in [-0.2, 0) is 4.74 Å². The first-order chi connectivity index (χ1) is 11.1. The molecule has 0 bridgehead atoms. The van der Waals surface area contributed by atoms with Crippen LogP contribution in [0.15, 0.2) is 45.0 Å². The Hall–Kier alpha value is -2.32. The molecule has 0 fully saturated rings. The lowest BCUT2D eigenvalue weighted by atomic mass is 10.1. The highest BCUT2D eigenvalue weighted by Crippen LogP contribution is 2.22. The summed E-state index contributed by atoms with van der Waals surface area (Å²) >= 11 is 4.53. The van der Waals surface area contributed by atoms with E-state index in [-0.39, 0.29) is 18.1 Å². The number of nitrogens with zero attached hydrogens (tertiary/aromatic N) is 1. The van der Waals surface area contributed by atoms with Gasteiger partial charge < -0.3 is 4.74 Å². The molecule has 0 spiro atoms. The number of aromatic amines is 1. The summed E-state index contributed by atoms with van der Waals surface area (Å²) in [6, 6.07) is 9.96. The molecule has 1 N–H and O–H groups in total. The van der Waals surface area contributed by atoms with Crippen LogP contribution in [0.25, 0.3) is 10.8 Å². The standard InChI is InChI=1S/C15H9BrN2O4S/c16-12-6-5-11(23-12)10(19)7-22-15(21)13-8-3-1-2-4-9(8)14(20)18-17-13/h1-6H,7H2,(H,18,20). The van der Waals surface area contributed by atoms with Crippen molar-refractivity contribution in [1.82, 2.24) is 10.2 Å². The van der Waals surface area contributed by atoms with Gasteiger partial charge in [-0.05, 0) is 34.1 Å². The summed E-state index contributed by atoms with van der Waals surface area (Å²) in [5.41, 5.74) is -0.419. The topological polar surface area (TPSA) is 89.1 Å². The number of H-pyrrole nitrogens is 1. The number of carbonyl (C=O) groups excluding carboxylic acids is 2. The van der Waals surface area contributed by atoms with E-state index in [1.54, 1.807) is 36.4 Å². The molecule has 2 aromatic heterocycles. The highest BCUT2D eigenvalue weighted by molar-refractivity contribution is 9.11. The van der Waals surface area contributed by atoms with Crippen molar-refractivity contribution in [3.8, 4) is 0 Å². The van der Waals surface area contributed by atoms with Crippen molar-refractivity contribution >= 4 is 49.8 Å². The van der Waals surface area contributed by atoms with Crippen LogP contribution in [0, 0.1) is 0 Å². The third-order valence-corrected chi connectivity index (χ3v) is 4.74. The van der Waals surface area contributed by atoms with Gasteiger partial charge in [0.15, 0.2) is 12.3 Å². The summed E-state index contributed by atoms with van der Waals surface area (Å²) in [5.74, 6) is -1.07. The van der Waals surface area contributed by atoms with Crippen molar-refractivity contribution < 1.29 is 14.3 Å². The number of fused-ring (bicyclic) bond motifs is 1. The molecule has 0 atom stereocenters. The van der Waals surface area contributed by atoms with Gasteiger partial charge >= 0.3 is 5.97 Å². The van der Waals surface area contributed by atoms with Gasteiger partial charge in [0.1, 0.15) is 0 Å². The average Bonchev–Trinajstić information content (AvgIpc) is 2.99. The number of nitrogens with one attached hydrogen (secondary N) is 1. The lowest BCUT2D eigenvalue weighted by Gasteiger charge is -2.05. The molecule has 3 rings (SSSR count). The number of esters is 1. The Balaban J connectivity index is 1.80. The summed E-state index contributed by atoms with van der Waals surface area (Å²) < 4.78 is 5.84.